The Labute approximate surface area is 277 Å². The second-order valence-electron chi connectivity index (χ2n) is 9.42. The van der Waals surface area contributed by atoms with Gasteiger partial charge in [-0.05, 0) is 39.3 Å². The van der Waals surface area contributed by atoms with Crippen molar-refractivity contribution in [1.82, 2.24) is 0 Å². The molecule has 0 saturated heterocycles. The van der Waals surface area contributed by atoms with Crippen molar-refractivity contribution >= 4 is 39.2 Å². The van der Waals surface area contributed by atoms with Gasteiger partial charge in [-0.2, -0.15) is 8.42 Å². The molecule has 0 saturated carbocycles. The van der Waals surface area contributed by atoms with Crippen molar-refractivity contribution < 1.29 is 57.2 Å². The molecule has 0 bridgehead atoms. The fourth-order valence-electron chi connectivity index (χ4n) is 1.76. The predicted octanol–water partition coefficient (Wildman–Crippen LogP) is 1.47. The normalized spacial score (nSPS) is 9.68. The summed E-state index contributed by atoms with van der Waals surface area (Å²) in [5.41, 5.74) is 0.956. The van der Waals surface area contributed by atoms with Gasteiger partial charge in [0.25, 0.3) is 10.1 Å². The smallest absolute Gasteiger partial charge is 0.852 e. The van der Waals surface area contributed by atoms with Gasteiger partial charge < -0.3 is 34.6 Å². The molecule has 0 aliphatic carbocycles. The Morgan fingerprint density at radius 1 is 0.818 bits per heavy atom. The molecule has 0 amide bonds. The van der Waals surface area contributed by atoms with Crippen LogP contribution < -0.4 is 15.3 Å². The molecular weight excluding hydrogens is 611 g/mol. The molecule has 0 aromatic heterocycles. The Hall–Kier alpha value is -1.44. The van der Waals surface area contributed by atoms with Gasteiger partial charge in [0.15, 0.2) is 0 Å². The predicted molar refractivity (Wildman–Crippen MR) is 168 cm³/mol. The number of aliphatic hydroxyl groups excluding tert-OH is 1. The van der Waals surface area contributed by atoms with Crippen molar-refractivity contribution in [2.24, 2.45) is 0 Å². The molecule has 0 unspecified atom stereocenters. The summed E-state index contributed by atoms with van der Waals surface area (Å²) in [5.74, 6) is -0.599. The Balaban J connectivity index is -0.000000104. The standard InChI is InChI=1S/C8H18O3.C7H8O3S.C6H10O3.3C3H7O.Al/c1-2-3-5-10-7-8-11-6-4-9;1-6-2-4-7(5-3-6)11(8,9)10;1-3-9-6(8)4-5(2)7;3*1-3(2)4;/h9H,2-8H2,1H3;2-5H,1H3,(H,8,9,10);3-4H2,1-2H3;3*3H,1-2H3;/q;;;3*-1;+3. The third-order valence-corrected chi connectivity index (χ3v) is 4.14. The van der Waals surface area contributed by atoms with E-state index in [9.17, 15) is 33.3 Å². The van der Waals surface area contributed by atoms with Gasteiger partial charge >= 0.3 is 23.3 Å². The third-order valence-electron chi connectivity index (χ3n) is 3.27. The number of carbonyl (C=O) groups excluding carboxylic acids is 2. The molecule has 258 valence electrons. The average Bonchev–Trinajstić information content (AvgIpc) is 2.83. The quantitative estimate of drug-likeness (QED) is 0.107. The summed E-state index contributed by atoms with van der Waals surface area (Å²) in [6.45, 7) is 19.6. The summed E-state index contributed by atoms with van der Waals surface area (Å²) >= 11 is 0. The second kappa shape index (κ2) is 39.6. The molecule has 1 aromatic carbocycles. The van der Waals surface area contributed by atoms with E-state index in [-0.39, 0.29) is 41.1 Å². The monoisotopic (exact) mass is 668 g/mol. The van der Waals surface area contributed by atoms with E-state index < -0.39 is 34.4 Å². The largest absolute Gasteiger partial charge is 3.00 e. The fourth-order valence-corrected chi connectivity index (χ4v) is 2.24. The van der Waals surface area contributed by atoms with Crippen LogP contribution in [-0.4, -0.2) is 105 Å². The molecule has 0 aliphatic heterocycles. The van der Waals surface area contributed by atoms with Crippen LogP contribution >= 0.6 is 0 Å². The number of rotatable bonds is 12. The molecule has 1 aromatic rings. The average molecular weight is 669 g/mol. The van der Waals surface area contributed by atoms with E-state index in [4.69, 9.17) is 19.1 Å². The van der Waals surface area contributed by atoms with E-state index in [2.05, 4.69) is 11.7 Å². The van der Waals surface area contributed by atoms with Crippen LogP contribution in [0, 0.1) is 6.92 Å². The van der Waals surface area contributed by atoms with E-state index in [0.29, 0.717) is 26.4 Å². The summed E-state index contributed by atoms with van der Waals surface area (Å²) in [5, 5.41) is 36.9. The molecule has 12 nitrogen and oxygen atoms in total. The summed E-state index contributed by atoms with van der Waals surface area (Å²) in [6.07, 6.45) is 0.922. The zero-order chi connectivity index (χ0) is 34.9. The molecule has 0 fully saturated rings. The van der Waals surface area contributed by atoms with Crippen LogP contribution in [0.5, 0.6) is 0 Å². The summed E-state index contributed by atoms with van der Waals surface area (Å²) in [4.78, 5) is 20.6. The van der Waals surface area contributed by atoms with E-state index in [0.717, 1.165) is 25.0 Å². The first-order valence-corrected chi connectivity index (χ1v) is 15.6. The molecule has 0 spiro atoms. The molecule has 44 heavy (non-hydrogen) atoms. The molecule has 0 heterocycles. The molecule has 0 atom stereocenters. The van der Waals surface area contributed by atoms with Gasteiger partial charge in [0.05, 0.1) is 37.9 Å². The minimum Gasteiger partial charge on any atom is -0.852 e. The van der Waals surface area contributed by atoms with Gasteiger partial charge in [-0.1, -0.05) is 72.6 Å². The number of carbonyl (C=O) groups is 2. The SMILES string of the molecule is CC(C)[O-].CC(C)[O-].CC(C)[O-].CCCCOCCOCCO.CCOC(=O)CC(C)=O.Cc1ccc(S(=O)(=O)O)cc1.[Al+3]. The van der Waals surface area contributed by atoms with Crippen LogP contribution in [0.4, 0.5) is 0 Å². The molecule has 2 N–H and O–H groups in total. The van der Waals surface area contributed by atoms with Gasteiger partial charge in [-0.25, -0.2) is 0 Å². The van der Waals surface area contributed by atoms with Crippen molar-refractivity contribution in [2.75, 3.05) is 39.6 Å². The van der Waals surface area contributed by atoms with E-state index >= 15 is 0 Å². The first-order chi connectivity index (χ1) is 19.8. The molecule has 14 heteroatoms. The molecule has 1 rings (SSSR count). The maximum absolute atomic E-state index is 10.5. The van der Waals surface area contributed by atoms with Crippen LogP contribution in [0.2, 0.25) is 0 Å². The first-order valence-electron chi connectivity index (χ1n) is 14.2. The third kappa shape index (κ3) is 72.6. The number of hydrogen-bond donors (Lipinski definition) is 2. The Bertz CT molecular complexity index is 800. The molecule has 0 radical (unpaired) electrons. The Morgan fingerprint density at radius 2 is 1.20 bits per heavy atom. The minimum absolute atomic E-state index is 0. The Morgan fingerprint density at radius 3 is 1.50 bits per heavy atom. The maximum atomic E-state index is 10.5. The van der Waals surface area contributed by atoms with Gasteiger partial charge in [-0.3, -0.25) is 14.1 Å². The van der Waals surface area contributed by atoms with Crippen LogP contribution in [0.25, 0.3) is 0 Å². The number of ketones is 1. The molecular formula is C30H57AlO12S. The number of unbranched alkanes of at least 4 members (excludes halogenated alkanes) is 1. The number of aryl methyl sites for hydroxylation is 1. The fraction of sp³-hybridized carbons (Fsp3) is 0.733. The van der Waals surface area contributed by atoms with Gasteiger partial charge in [0, 0.05) is 6.61 Å². The zero-order valence-electron chi connectivity index (χ0n) is 28.4. The van der Waals surface area contributed by atoms with Crippen molar-refractivity contribution in [1.29, 1.82) is 0 Å². The number of benzene rings is 1. The van der Waals surface area contributed by atoms with E-state index in [1.165, 1.54) is 19.1 Å². The zero-order valence-corrected chi connectivity index (χ0v) is 30.3. The van der Waals surface area contributed by atoms with Crippen molar-refractivity contribution in [3.8, 4) is 0 Å². The minimum atomic E-state index is -4.02. The van der Waals surface area contributed by atoms with Gasteiger partial charge in [-0.15, -0.1) is 18.3 Å². The number of hydrogen-bond acceptors (Lipinski definition) is 11. The van der Waals surface area contributed by atoms with Crippen LogP contribution in [0.15, 0.2) is 29.2 Å². The van der Waals surface area contributed by atoms with Crippen molar-refractivity contribution in [2.45, 2.75) is 112 Å². The summed E-state index contributed by atoms with van der Waals surface area (Å²) in [6, 6.07) is 5.99. The first kappa shape index (κ1) is 55.0. The number of esters is 1. The second-order valence-corrected chi connectivity index (χ2v) is 10.8. The van der Waals surface area contributed by atoms with Gasteiger partial charge in [0.1, 0.15) is 12.2 Å². The topological polar surface area (TPSA) is 206 Å². The van der Waals surface area contributed by atoms with Crippen LogP contribution in [-0.2, 0) is 33.9 Å². The van der Waals surface area contributed by atoms with Crippen LogP contribution in [0.1, 0.15) is 87.1 Å². The number of Topliss-reactive ketones (excluding diaryl/α,β-unsaturated/α-hetero) is 1. The van der Waals surface area contributed by atoms with Crippen molar-refractivity contribution in [3.05, 3.63) is 29.8 Å². The summed E-state index contributed by atoms with van der Waals surface area (Å²) in [7, 11) is -4.02. The summed E-state index contributed by atoms with van der Waals surface area (Å²) < 4.78 is 44.2. The van der Waals surface area contributed by atoms with E-state index in [1.54, 1.807) is 60.6 Å². The van der Waals surface area contributed by atoms with E-state index in [1.807, 2.05) is 6.92 Å². The maximum Gasteiger partial charge on any atom is 3.00 e. The van der Waals surface area contributed by atoms with Crippen molar-refractivity contribution in [3.63, 3.8) is 0 Å². The van der Waals surface area contributed by atoms with Gasteiger partial charge in [0.2, 0.25) is 0 Å². The number of aliphatic hydroxyl groups is 1. The number of ether oxygens (including phenoxy) is 3. The molecule has 0 aliphatic rings. The Kier molecular flexibility index (Phi) is 49.5. The van der Waals surface area contributed by atoms with Crippen LogP contribution in [0.3, 0.4) is 0 Å².